The van der Waals surface area contributed by atoms with Crippen molar-refractivity contribution in [3.05, 3.63) is 30.4 Å². The van der Waals surface area contributed by atoms with E-state index in [1.807, 2.05) is 0 Å². The number of nitrogens with zero attached hydrogens (tertiary/aromatic N) is 3. The molecular formula is C9H10N4O. The minimum absolute atomic E-state index is 0.0296. The Kier molecular flexibility index (Phi) is 2.24. The summed E-state index contributed by atoms with van der Waals surface area (Å²) in [6, 6.07) is 1.69. The van der Waals surface area contributed by atoms with Gasteiger partial charge in [0, 0.05) is 18.6 Å². The number of nitrogens with one attached hydrogen (secondary N) is 1. The van der Waals surface area contributed by atoms with Crippen LogP contribution in [0.1, 0.15) is 10.5 Å². The normalized spacial score (nSPS) is 10.6. The molecule has 5 heteroatoms. The lowest BCUT2D eigenvalue weighted by molar-refractivity contribution is 0.0989. The highest BCUT2D eigenvalue weighted by Crippen LogP contribution is 2.00. The van der Waals surface area contributed by atoms with Gasteiger partial charge in [-0.1, -0.05) is 0 Å². The van der Waals surface area contributed by atoms with Crippen LogP contribution in [0, 0.1) is 0 Å². The molecular weight excluding hydrogens is 180 g/mol. The number of carbonyl (C=O) groups is 1. The van der Waals surface area contributed by atoms with Gasteiger partial charge in [-0.05, 0) is 13.1 Å². The molecule has 72 valence electrons. The second kappa shape index (κ2) is 3.55. The van der Waals surface area contributed by atoms with Gasteiger partial charge in [-0.25, -0.2) is 9.97 Å². The van der Waals surface area contributed by atoms with Crippen LogP contribution < -0.4 is 5.32 Å². The molecule has 0 aliphatic rings. The summed E-state index contributed by atoms with van der Waals surface area (Å²) in [4.78, 5) is 19.6. The minimum Gasteiger partial charge on any atom is -0.313 e. The Morgan fingerprint density at radius 3 is 3.21 bits per heavy atom. The van der Waals surface area contributed by atoms with E-state index in [-0.39, 0.29) is 5.78 Å². The highest BCUT2D eigenvalue weighted by Gasteiger charge is 2.06. The molecule has 0 saturated carbocycles. The third-order valence-electron chi connectivity index (χ3n) is 1.88. The summed E-state index contributed by atoms with van der Waals surface area (Å²) in [5.41, 5.74) is 0.443. The van der Waals surface area contributed by atoms with Gasteiger partial charge < -0.3 is 5.32 Å². The van der Waals surface area contributed by atoms with Crippen molar-refractivity contribution in [2.24, 2.45) is 0 Å². The maximum absolute atomic E-state index is 11.4. The van der Waals surface area contributed by atoms with Crippen molar-refractivity contribution in [2.75, 3.05) is 13.6 Å². The Morgan fingerprint density at radius 2 is 2.43 bits per heavy atom. The molecule has 0 unspecified atom stereocenters. The summed E-state index contributed by atoms with van der Waals surface area (Å²) in [7, 11) is 1.73. The number of carbonyl (C=O) groups excluding carboxylic acids is 1. The summed E-state index contributed by atoms with van der Waals surface area (Å²) < 4.78 is 1.76. The first kappa shape index (κ1) is 8.83. The number of Topliss-reactive ketones (excluding diaryl/α,β-unsaturated/α-hetero) is 1. The highest BCUT2D eigenvalue weighted by atomic mass is 16.1. The number of aromatic nitrogens is 3. The van der Waals surface area contributed by atoms with Crippen LogP contribution in [0.5, 0.6) is 0 Å². The van der Waals surface area contributed by atoms with Gasteiger partial charge >= 0.3 is 0 Å². The first-order valence-electron chi connectivity index (χ1n) is 4.29. The van der Waals surface area contributed by atoms with E-state index in [0.29, 0.717) is 18.0 Å². The molecule has 2 aromatic heterocycles. The number of rotatable bonds is 3. The third-order valence-corrected chi connectivity index (χ3v) is 1.88. The van der Waals surface area contributed by atoms with Crippen LogP contribution >= 0.6 is 0 Å². The van der Waals surface area contributed by atoms with Gasteiger partial charge in [-0.2, -0.15) is 0 Å². The summed E-state index contributed by atoms with van der Waals surface area (Å²) in [6.07, 6.45) is 5.21. The van der Waals surface area contributed by atoms with E-state index in [4.69, 9.17) is 0 Å². The van der Waals surface area contributed by atoms with Crippen LogP contribution in [0.3, 0.4) is 0 Å². The van der Waals surface area contributed by atoms with Crippen molar-refractivity contribution in [3.8, 4) is 0 Å². The smallest absolute Gasteiger partial charge is 0.234 e. The van der Waals surface area contributed by atoms with E-state index in [2.05, 4.69) is 15.3 Å². The van der Waals surface area contributed by atoms with Crippen LogP contribution in [0.15, 0.2) is 24.7 Å². The van der Waals surface area contributed by atoms with E-state index in [0.717, 1.165) is 0 Å². The molecule has 14 heavy (non-hydrogen) atoms. The molecule has 0 fully saturated rings. The van der Waals surface area contributed by atoms with E-state index < -0.39 is 0 Å². The lowest BCUT2D eigenvalue weighted by Gasteiger charge is -1.99. The molecule has 0 atom stereocenters. The van der Waals surface area contributed by atoms with E-state index in [9.17, 15) is 4.79 Å². The molecule has 0 aliphatic heterocycles. The van der Waals surface area contributed by atoms with Crippen molar-refractivity contribution < 1.29 is 4.79 Å². The molecule has 2 aromatic rings. The molecule has 0 aliphatic carbocycles. The highest BCUT2D eigenvalue weighted by molar-refractivity contribution is 5.96. The summed E-state index contributed by atoms with van der Waals surface area (Å²) in [5, 5.41) is 2.79. The van der Waals surface area contributed by atoms with Gasteiger partial charge in [-0.3, -0.25) is 9.20 Å². The van der Waals surface area contributed by atoms with Gasteiger partial charge in [0.25, 0.3) is 0 Å². The largest absolute Gasteiger partial charge is 0.313 e. The minimum atomic E-state index is -0.0296. The first-order chi connectivity index (χ1) is 6.81. The van der Waals surface area contributed by atoms with Gasteiger partial charge in [0.15, 0.2) is 5.78 Å². The maximum Gasteiger partial charge on any atom is 0.234 e. The molecule has 2 rings (SSSR count). The number of fused-ring (bicyclic) bond motifs is 1. The van der Waals surface area contributed by atoms with Crippen molar-refractivity contribution >= 4 is 11.6 Å². The number of likely N-dealkylation sites (N-methyl/N-ethyl adjacent to an activating group) is 1. The Morgan fingerprint density at radius 1 is 1.57 bits per heavy atom. The molecule has 1 N–H and O–H groups in total. The summed E-state index contributed by atoms with van der Waals surface area (Å²) in [5.74, 6) is 0.518. The molecule has 5 nitrogen and oxygen atoms in total. The quantitative estimate of drug-likeness (QED) is 0.699. The number of hydrogen-bond donors (Lipinski definition) is 1. The zero-order valence-corrected chi connectivity index (χ0v) is 7.77. The Labute approximate surface area is 80.8 Å². The lowest BCUT2D eigenvalue weighted by atomic mass is 10.3. The standard InChI is InChI=1S/C9H10N4O/c1-10-6-8(14)7-2-4-13-5-3-11-9(13)12-7/h2-5,10H,6H2,1H3. The van der Waals surface area contributed by atoms with E-state index >= 15 is 0 Å². The fraction of sp³-hybridized carbons (Fsp3) is 0.222. The predicted octanol–water partition coefficient (Wildman–Crippen LogP) is 0.131. The summed E-state index contributed by atoms with van der Waals surface area (Å²) in [6.45, 7) is 0.296. The van der Waals surface area contributed by atoms with Gasteiger partial charge in [0.2, 0.25) is 5.78 Å². The summed E-state index contributed by atoms with van der Waals surface area (Å²) >= 11 is 0. The fourth-order valence-corrected chi connectivity index (χ4v) is 1.21. The Hall–Kier alpha value is -1.75. The van der Waals surface area contributed by atoms with Crippen molar-refractivity contribution in [3.63, 3.8) is 0 Å². The van der Waals surface area contributed by atoms with Gasteiger partial charge in [-0.15, -0.1) is 0 Å². The number of hydrogen-bond acceptors (Lipinski definition) is 4. The first-order valence-corrected chi connectivity index (χ1v) is 4.29. The monoisotopic (exact) mass is 190 g/mol. The molecule has 2 heterocycles. The maximum atomic E-state index is 11.4. The van der Waals surface area contributed by atoms with Crippen LogP contribution in [0.4, 0.5) is 0 Å². The molecule has 0 saturated heterocycles. The third kappa shape index (κ3) is 1.49. The van der Waals surface area contributed by atoms with E-state index in [1.165, 1.54) is 0 Å². The predicted molar refractivity (Wildman–Crippen MR) is 51.2 cm³/mol. The number of imidazole rings is 1. The fourth-order valence-electron chi connectivity index (χ4n) is 1.21. The Balaban J connectivity index is 2.38. The average Bonchev–Trinajstić information content (AvgIpc) is 2.64. The topological polar surface area (TPSA) is 59.3 Å². The van der Waals surface area contributed by atoms with Crippen molar-refractivity contribution in [2.45, 2.75) is 0 Å². The number of ketones is 1. The van der Waals surface area contributed by atoms with Crippen molar-refractivity contribution in [1.29, 1.82) is 0 Å². The SMILES string of the molecule is CNCC(=O)c1ccn2ccnc2n1. The second-order valence-electron chi connectivity index (χ2n) is 2.90. The van der Waals surface area contributed by atoms with Crippen LogP contribution in [-0.2, 0) is 0 Å². The molecule has 0 radical (unpaired) electrons. The second-order valence-corrected chi connectivity index (χ2v) is 2.90. The van der Waals surface area contributed by atoms with Crippen LogP contribution in [0.25, 0.3) is 5.78 Å². The average molecular weight is 190 g/mol. The van der Waals surface area contributed by atoms with Crippen LogP contribution in [-0.4, -0.2) is 33.7 Å². The molecule has 0 aromatic carbocycles. The van der Waals surface area contributed by atoms with Crippen LogP contribution in [0.2, 0.25) is 0 Å². The molecule has 0 amide bonds. The molecule has 0 spiro atoms. The van der Waals surface area contributed by atoms with Gasteiger partial charge in [0.05, 0.1) is 6.54 Å². The van der Waals surface area contributed by atoms with Gasteiger partial charge in [0.1, 0.15) is 5.69 Å². The lowest BCUT2D eigenvalue weighted by Crippen LogP contribution is -2.19. The zero-order valence-electron chi connectivity index (χ0n) is 7.77. The van der Waals surface area contributed by atoms with Crippen molar-refractivity contribution in [1.82, 2.24) is 19.7 Å². The van der Waals surface area contributed by atoms with E-state index in [1.54, 1.807) is 36.1 Å². The zero-order chi connectivity index (χ0) is 9.97. The molecule has 0 bridgehead atoms. The Bertz CT molecular complexity index is 463.